The Morgan fingerprint density at radius 1 is 1.50 bits per heavy atom. The lowest BCUT2D eigenvalue weighted by Gasteiger charge is -2.27. The summed E-state index contributed by atoms with van der Waals surface area (Å²) in [6, 6.07) is -0.904. The molecule has 5 nitrogen and oxygen atoms in total. The highest BCUT2D eigenvalue weighted by molar-refractivity contribution is 5.78. The van der Waals surface area contributed by atoms with Crippen LogP contribution in [0.1, 0.15) is 27.2 Å². The van der Waals surface area contributed by atoms with E-state index in [1.807, 2.05) is 0 Å². The Morgan fingerprint density at radius 3 is 2.36 bits per heavy atom. The third-order valence-corrected chi connectivity index (χ3v) is 1.99. The maximum Gasteiger partial charge on any atom is 0.323 e. The molecule has 0 rings (SSSR count). The lowest BCUT2D eigenvalue weighted by molar-refractivity contribution is -0.149. The topological polar surface area (TPSA) is 89.6 Å². The van der Waals surface area contributed by atoms with Crippen LogP contribution in [0.4, 0.5) is 0 Å². The van der Waals surface area contributed by atoms with Crippen molar-refractivity contribution in [3.63, 3.8) is 0 Å². The van der Waals surface area contributed by atoms with E-state index >= 15 is 0 Å². The molecule has 0 aromatic carbocycles. The fourth-order valence-electron chi connectivity index (χ4n) is 1.05. The predicted octanol–water partition coefficient (Wildman–Crippen LogP) is 0.378. The van der Waals surface area contributed by atoms with Gasteiger partial charge < -0.3 is 15.6 Å². The maximum atomic E-state index is 11.2. The normalized spacial score (nSPS) is 13.4. The van der Waals surface area contributed by atoms with Gasteiger partial charge in [0.2, 0.25) is 0 Å². The van der Waals surface area contributed by atoms with Crippen LogP contribution in [0.5, 0.6) is 0 Å². The maximum absolute atomic E-state index is 11.2. The zero-order valence-corrected chi connectivity index (χ0v) is 8.74. The van der Waals surface area contributed by atoms with Crippen molar-refractivity contribution >= 4 is 11.9 Å². The Bertz CT molecular complexity index is 225. The molecule has 1 atom stereocenters. The summed E-state index contributed by atoms with van der Waals surface area (Å²) in [6.45, 7) is 5.18. The average molecular weight is 203 g/mol. The van der Waals surface area contributed by atoms with Gasteiger partial charge in [-0.3, -0.25) is 9.59 Å². The molecule has 5 heteroatoms. The molecule has 0 amide bonds. The number of carbonyl (C=O) groups is 2. The summed E-state index contributed by atoms with van der Waals surface area (Å²) in [4.78, 5) is 21.7. The molecule has 0 unspecified atom stereocenters. The number of ether oxygens (including phenoxy) is 1. The lowest BCUT2D eigenvalue weighted by Crippen LogP contribution is -2.46. The fraction of sp³-hybridized carbons (Fsp3) is 0.778. The first-order valence-corrected chi connectivity index (χ1v) is 4.45. The average Bonchev–Trinajstić information content (AvgIpc) is 2.01. The van der Waals surface area contributed by atoms with Crippen molar-refractivity contribution in [1.29, 1.82) is 0 Å². The van der Waals surface area contributed by atoms with Crippen LogP contribution in [0, 0.1) is 5.41 Å². The van der Waals surface area contributed by atoms with E-state index in [-0.39, 0.29) is 13.0 Å². The van der Waals surface area contributed by atoms with Crippen LogP contribution >= 0.6 is 0 Å². The molecule has 0 fully saturated rings. The van der Waals surface area contributed by atoms with Gasteiger partial charge in [0.1, 0.15) is 6.04 Å². The van der Waals surface area contributed by atoms with Crippen molar-refractivity contribution in [2.24, 2.45) is 11.1 Å². The molecule has 82 valence electrons. The molecule has 3 N–H and O–H groups in total. The molecule has 0 aromatic heterocycles. The highest BCUT2D eigenvalue weighted by Gasteiger charge is 2.35. The van der Waals surface area contributed by atoms with Gasteiger partial charge in [-0.1, -0.05) is 13.8 Å². The van der Waals surface area contributed by atoms with E-state index in [4.69, 9.17) is 15.6 Å². The number of carboxylic acid groups (broad SMARTS) is 1. The van der Waals surface area contributed by atoms with Crippen LogP contribution in [0.15, 0.2) is 0 Å². The molecule has 0 aromatic rings. The first kappa shape index (κ1) is 12.9. The standard InChI is InChI=1S/C9H17NO4/c1-4-14-8(13)7(10)9(2,3)5-6(11)12/h7H,4-5,10H2,1-3H3,(H,11,12)/t7-/m1/s1. The van der Waals surface area contributed by atoms with Crippen molar-refractivity contribution in [3.05, 3.63) is 0 Å². The number of nitrogens with two attached hydrogens (primary N) is 1. The van der Waals surface area contributed by atoms with Crippen LogP contribution in [0.25, 0.3) is 0 Å². The highest BCUT2D eigenvalue weighted by Crippen LogP contribution is 2.24. The quantitative estimate of drug-likeness (QED) is 0.630. The van der Waals surface area contributed by atoms with E-state index in [0.717, 1.165) is 0 Å². The summed E-state index contributed by atoms with van der Waals surface area (Å²) in [5.74, 6) is -1.53. The van der Waals surface area contributed by atoms with Crippen molar-refractivity contribution in [2.45, 2.75) is 33.2 Å². The van der Waals surface area contributed by atoms with Gasteiger partial charge in [-0.15, -0.1) is 0 Å². The molecule has 0 saturated carbocycles. The molecule has 0 radical (unpaired) electrons. The number of hydrogen-bond acceptors (Lipinski definition) is 4. The van der Waals surface area contributed by atoms with Gasteiger partial charge >= 0.3 is 11.9 Å². The van der Waals surface area contributed by atoms with Crippen LogP contribution in [-0.4, -0.2) is 29.7 Å². The van der Waals surface area contributed by atoms with Crippen molar-refractivity contribution in [2.75, 3.05) is 6.61 Å². The smallest absolute Gasteiger partial charge is 0.323 e. The molecule has 0 aliphatic heterocycles. The predicted molar refractivity (Wildman–Crippen MR) is 50.6 cm³/mol. The first-order chi connectivity index (χ1) is 6.31. The number of esters is 1. The second-order valence-electron chi connectivity index (χ2n) is 3.79. The lowest BCUT2D eigenvalue weighted by atomic mass is 9.82. The van der Waals surface area contributed by atoms with Crippen molar-refractivity contribution in [1.82, 2.24) is 0 Å². The molecular formula is C9H17NO4. The van der Waals surface area contributed by atoms with E-state index < -0.39 is 23.4 Å². The minimum atomic E-state index is -0.977. The minimum Gasteiger partial charge on any atom is -0.481 e. The van der Waals surface area contributed by atoms with Gasteiger partial charge in [-0.05, 0) is 6.92 Å². The van der Waals surface area contributed by atoms with Gasteiger partial charge in [0.25, 0.3) is 0 Å². The van der Waals surface area contributed by atoms with E-state index in [9.17, 15) is 9.59 Å². The monoisotopic (exact) mass is 203 g/mol. The Balaban J connectivity index is 4.40. The summed E-state index contributed by atoms with van der Waals surface area (Å²) in [6.07, 6.45) is -0.160. The third kappa shape index (κ3) is 3.74. The molecular weight excluding hydrogens is 186 g/mol. The van der Waals surface area contributed by atoms with Crippen molar-refractivity contribution < 1.29 is 19.4 Å². The zero-order valence-electron chi connectivity index (χ0n) is 8.74. The van der Waals surface area contributed by atoms with E-state index in [0.29, 0.717) is 0 Å². The Kier molecular flexibility index (Phi) is 4.56. The summed E-state index contributed by atoms with van der Waals surface area (Å²) in [7, 11) is 0. The molecule has 14 heavy (non-hydrogen) atoms. The third-order valence-electron chi connectivity index (χ3n) is 1.99. The van der Waals surface area contributed by atoms with E-state index in [1.54, 1.807) is 20.8 Å². The van der Waals surface area contributed by atoms with Gasteiger partial charge in [-0.2, -0.15) is 0 Å². The number of rotatable bonds is 5. The van der Waals surface area contributed by atoms with Crippen LogP contribution in [-0.2, 0) is 14.3 Å². The summed E-state index contributed by atoms with van der Waals surface area (Å²) < 4.78 is 4.71. The van der Waals surface area contributed by atoms with Crippen LogP contribution < -0.4 is 5.73 Å². The zero-order chi connectivity index (χ0) is 11.4. The van der Waals surface area contributed by atoms with Gasteiger partial charge in [0.15, 0.2) is 0 Å². The summed E-state index contributed by atoms with van der Waals surface area (Å²) in [5.41, 5.74) is 4.80. The molecule has 0 bridgehead atoms. The van der Waals surface area contributed by atoms with Gasteiger partial charge in [0.05, 0.1) is 13.0 Å². The second-order valence-corrected chi connectivity index (χ2v) is 3.79. The van der Waals surface area contributed by atoms with E-state index in [1.165, 1.54) is 0 Å². The molecule has 0 aliphatic rings. The van der Waals surface area contributed by atoms with E-state index in [2.05, 4.69) is 0 Å². The van der Waals surface area contributed by atoms with Crippen LogP contribution in [0.2, 0.25) is 0 Å². The molecule has 0 heterocycles. The second kappa shape index (κ2) is 4.95. The fourth-order valence-corrected chi connectivity index (χ4v) is 1.05. The first-order valence-electron chi connectivity index (χ1n) is 4.45. The van der Waals surface area contributed by atoms with Gasteiger partial charge in [0, 0.05) is 5.41 Å². The van der Waals surface area contributed by atoms with Crippen molar-refractivity contribution in [3.8, 4) is 0 Å². The number of carbonyl (C=O) groups excluding carboxylic acids is 1. The Morgan fingerprint density at radius 2 is 2.00 bits per heavy atom. The SMILES string of the molecule is CCOC(=O)[C@@H](N)C(C)(C)CC(=O)O. The van der Waals surface area contributed by atoms with Gasteiger partial charge in [-0.25, -0.2) is 0 Å². The molecule has 0 saturated heterocycles. The summed E-state index contributed by atoms with van der Waals surface area (Å²) in [5, 5.41) is 8.60. The molecule has 0 aliphatic carbocycles. The molecule has 0 spiro atoms. The number of aliphatic carboxylic acids is 1. The van der Waals surface area contributed by atoms with Crippen LogP contribution in [0.3, 0.4) is 0 Å². The largest absolute Gasteiger partial charge is 0.481 e. The minimum absolute atomic E-state index is 0.160. The Hall–Kier alpha value is -1.10. The number of carboxylic acids is 1. The number of hydrogen-bond donors (Lipinski definition) is 2. The summed E-state index contributed by atoms with van der Waals surface area (Å²) >= 11 is 0. The Labute approximate surface area is 83.2 Å². The highest BCUT2D eigenvalue weighted by atomic mass is 16.5.